The van der Waals surface area contributed by atoms with Crippen LogP contribution in [0.5, 0.6) is 0 Å². The van der Waals surface area contributed by atoms with E-state index in [1.807, 2.05) is 30.6 Å². The van der Waals surface area contributed by atoms with E-state index >= 15 is 0 Å². The predicted molar refractivity (Wildman–Crippen MR) is 145 cm³/mol. The quantitative estimate of drug-likeness (QED) is 0.240. The van der Waals surface area contributed by atoms with Gasteiger partial charge in [-0.25, -0.2) is 8.78 Å². The number of piperidine rings is 1. The van der Waals surface area contributed by atoms with Crippen LogP contribution in [-0.2, 0) is 6.42 Å². The molecule has 2 nitrogen and oxygen atoms in total. The molecule has 0 spiro atoms. The Hall–Kier alpha value is -2.85. The number of nitrogens with zero attached hydrogens (tertiary/aromatic N) is 2. The SMILES string of the molecule is Fc1ccccc1C(=CC1CCN(CCCCCCCCc2cccnc2)CC1)c1ccccc1F. The zero-order valence-corrected chi connectivity index (χ0v) is 21.2. The molecule has 1 aromatic heterocycles. The van der Waals surface area contributed by atoms with Crippen molar-refractivity contribution in [3.8, 4) is 0 Å². The summed E-state index contributed by atoms with van der Waals surface area (Å²) < 4.78 is 29.3. The fourth-order valence-electron chi connectivity index (χ4n) is 5.18. The van der Waals surface area contributed by atoms with E-state index in [-0.39, 0.29) is 11.6 Å². The number of hydrogen-bond acceptors (Lipinski definition) is 2. The van der Waals surface area contributed by atoms with Crippen LogP contribution in [-0.4, -0.2) is 29.5 Å². The lowest BCUT2D eigenvalue weighted by molar-refractivity contribution is 0.199. The zero-order chi connectivity index (χ0) is 25.0. The molecule has 1 aliphatic heterocycles. The average molecular weight is 489 g/mol. The number of pyridine rings is 1. The average Bonchev–Trinajstić information content (AvgIpc) is 2.91. The van der Waals surface area contributed by atoms with Crippen LogP contribution in [0.3, 0.4) is 0 Å². The van der Waals surface area contributed by atoms with E-state index < -0.39 is 0 Å². The Bertz CT molecular complexity index is 1040. The van der Waals surface area contributed by atoms with Gasteiger partial charge in [0.15, 0.2) is 0 Å². The molecule has 0 atom stereocenters. The maximum atomic E-state index is 14.6. The van der Waals surface area contributed by atoms with E-state index in [9.17, 15) is 8.78 Å². The van der Waals surface area contributed by atoms with Gasteiger partial charge in [-0.2, -0.15) is 0 Å². The third-order valence-corrected chi connectivity index (χ3v) is 7.28. The van der Waals surface area contributed by atoms with Crippen LogP contribution in [0.4, 0.5) is 8.78 Å². The van der Waals surface area contributed by atoms with E-state index in [0.717, 1.165) is 38.9 Å². The Morgan fingerprint density at radius 3 is 2.00 bits per heavy atom. The van der Waals surface area contributed by atoms with Crippen LogP contribution in [0.2, 0.25) is 0 Å². The van der Waals surface area contributed by atoms with Crippen molar-refractivity contribution in [3.63, 3.8) is 0 Å². The van der Waals surface area contributed by atoms with Crippen LogP contribution in [0, 0.1) is 17.6 Å². The Morgan fingerprint density at radius 1 is 0.778 bits per heavy atom. The summed E-state index contributed by atoms with van der Waals surface area (Å²) in [6.07, 6.45) is 16.8. The largest absolute Gasteiger partial charge is 0.303 e. The Balaban J connectivity index is 1.20. The van der Waals surface area contributed by atoms with Crippen molar-refractivity contribution < 1.29 is 8.78 Å². The monoisotopic (exact) mass is 488 g/mol. The van der Waals surface area contributed by atoms with Gasteiger partial charge in [0.2, 0.25) is 0 Å². The molecule has 2 aromatic carbocycles. The molecule has 0 radical (unpaired) electrons. The number of benzene rings is 2. The number of unbranched alkanes of at least 4 members (excludes halogenated alkanes) is 5. The number of aromatic nitrogens is 1. The molecule has 4 rings (SSSR count). The summed E-state index contributed by atoms with van der Waals surface area (Å²) in [5.41, 5.74) is 2.97. The molecular weight excluding hydrogens is 450 g/mol. The number of allylic oxidation sites excluding steroid dienone is 1. The summed E-state index contributed by atoms with van der Waals surface area (Å²) in [5, 5.41) is 0. The fourth-order valence-corrected chi connectivity index (χ4v) is 5.18. The third-order valence-electron chi connectivity index (χ3n) is 7.28. The summed E-state index contributed by atoms with van der Waals surface area (Å²) >= 11 is 0. The van der Waals surface area contributed by atoms with Crippen LogP contribution in [0.25, 0.3) is 5.57 Å². The highest BCUT2D eigenvalue weighted by molar-refractivity contribution is 5.80. The molecule has 1 aliphatic rings. The second-order valence-corrected chi connectivity index (χ2v) is 9.95. The summed E-state index contributed by atoms with van der Waals surface area (Å²) in [6, 6.07) is 17.6. The molecule has 36 heavy (non-hydrogen) atoms. The molecule has 190 valence electrons. The van der Waals surface area contributed by atoms with Gasteiger partial charge in [-0.05, 0) is 87.0 Å². The molecule has 4 heteroatoms. The van der Waals surface area contributed by atoms with Crippen molar-refractivity contribution in [3.05, 3.63) is 107 Å². The van der Waals surface area contributed by atoms with Crippen molar-refractivity contribution in [1.82, 2.24) is 9.88 Å². The lowest BCUT2D eigenvalue weighted by Crippen LogP contribution is -2.34. The standard InChI is InChI=1S/C32H38F2N2/c33-31-16-8-6-14-28(31)30(29-15-7-9-17-32(29)34)24-26-18-22-36(23-19-26)21-10-4-2-1-3-5-12-27-13-11-20-35-25-27/h6-9,11,13-17,20,24-26H,1-5,10,12,18-19,21-23H2. The van der Waals surface area contributed by atoms with Crippen molar-refractivity contribution in [2.75, 3.05) is 19.6 Å². The lowest BCUT2D eigenvalue weighted by atomic mass is 9.89. The van der Waals surface area contributed by atoms with Gasteiger partial charge in [-0.3, -0.25) is 4.98 Å². The van der Waals surface area contributed by atoms with Crippen molar-refractivity contribution in [1.29, 1.82) is 0 Å². The van der Waals surface area contributed by atoms with Gasteiger partial charge in [0, 0.05) is 23.5 Å². The fraction of sp³-hybridized carbons (Fsp3) is 0.406. The molecule has 1 saturated heterocycles. The van der Waals surface area contributed by atoms with E-state index in [1.54, 1.807) is 24.3 Å². The van der Waals surface area contributed by atoms with Gasteiger partial charge in [0.05, 0.1) is 0 Å². The molecule has 3 aromatic rings. The van der Waals surface area contributed by atoms with E-state index in [2.05, 4.69) is 22.0 Å². The highest BCUT2D eigenvalue weighted by atomic mass is 19.1. The van der Waals surface area contributed by atoms with Gasteiger partial charge in [0.25, 0.3) is 0 Å². The molecule has 0 aliphatic carbocycles. The number of rotatable bonds is 12. The first-order chi connectivity index (χ1) is 17.7. The predicted octanol–water partition coefficient (Wildman–Crippen LogP) is 8.09. The van der Waals surface area contributed by atoms with Crippen molar-refractivity contribution in [2.24, 2.45) is 5.92 Å². The van der Waals surface area contributed by atoms with E-state index in [1.165, 1.54) is 56.2 Å². The minimum atomic E-state index is -0.304. The molecule has 0 bridgehead atoms. The van der Waals surface area contributed by atoms with Gasteiger partial charge in [-0.15, -0.1) is 0 Å². The highest BCUT2D eigenvalue weighted by Crippen LogP contribution is 2.31. The molecule has 0 unspecified atom stereocenters. The normalized spacial score (nSPS) is 14.6. The number of likely N-dealkylation sites (tertiary alicyclic amines) is 1. The minimum absolute atomic E-state index is 0.304. The topological polar surface area (TPSA) is 16.1 Å². The Labute approximate surface area is 215 Å². The third kappa shape index (κ3) is 7.83. The summed E-state index contributed by atoms with van der Waals surface area (Å²) in [5.74, 6) is -0.279. The maximum Gasteiger partial charge on any atom is 0.131 e. The van der Waals surface area contributed by atoms with Crippen molar-refractivity contribution >= 4 is 5.57 Å². The Morgan fingerprint density at radius 2 is 1.39 bits per heavy atom. The van der Waals surface area contributed by atoms with Gasteiger partial charge >= 0.3 is 0 Å². The van der Waals surface area contributed by atoms with Crippen molar-refractivity contribution in [2.45, 2.75) is 57.8 Å². The summed E-state index contributed by atoms with van der Waals surface area (Å²) in [4.78, 5) is 6.74. The molecule has 0 amide bonds. The van der Waals surface area contributed by atoms with Crippen LogP contribution >= 0.6 is 0 Å². The number of hydrogen-bond donors (Lipinski definition) is 0. The second-order valence-electron chi connectivity index (χ2n) is 9.95. The van der Waals surface area contributed by atoms with Gasteiger partial charge < -0.3 is 4.90 Å². The molecule has 0 N–H and O–H groups in total. The first-order valence-corrected chi connectivity index (χ1v) is 13.5. The summed E-state index contributed by atoms with van der Waals surface area (Å²) in [6.45, 7) is 3.25. The second kappa shape index (κ2) is 14.0. The molecule has 1 fully saturated rings. The van der Waals surface area contributed by atoms with Crippen LogP contribution in [0.15, 0.2) is 79.1 Å². The maximum absolute atomic E-state index is 14.6. The number of aryl methyl sites for hydroxylation is 1. The first kappa shape index (κ1) is 26.2. The highest BCUT2D eigenvalue weighted by Gasteiger charge is 2.20. The van der Waals surface area contributed by atoms with Gasteiger partial charge in [0.1, 0.15) is 11.6 Å². The van der Waals surface area contributed by atoms with E-state index in [0.29, 0.717) is 22.6 Å². The minimum Gasteiger partial charge on any atom is -0.303 e. The van der Waals surface area contributed by atoms with Crippen LogP contribution in [0.1, 0.15) is 68.1 Å². The smallest absolute Gasteiger partial charge is 0.131 e. The molecule has 0 saturated carbocycles. The van der Waals surface area contributed by atoms with E-state index in [4.69, 9.17) is 0 Å². The summed E-state index contributed by atoms with van der Waals surface area (Å²) in [7, 11) is 0. The molecule has 2 heterocycles. The molecular formula is C32H38F2N2. The number of halogens is 2. The lowest BCUT2D eigenvalue weighted by Gasteiger charge is -2.31. The zero-order valence-electron chi connectivity index (χ0n) is 21.2. The first-order valence-electron chi connectivity index (χ1n) is 13.5. The van der Waals surface area contributed by atoms with Gasteiger partial charge in [-0.1, -0.05) is 74.2 Å². The Kier molecular flexibility index (Phi) is 10.2. The van der Waals surface area contributed by atoms with Crippen LogP contribution < -0.4 is 0 Å².